The van der Waals surface area contributed by atoms with Crippen molar-refractivity contribution in [2.75, 3.05) is 0 Å². The largest absolute Gasteiger partial charge is 0.349 e. The Morgan fingerprint density at radius 1 is 1.09 bits per heavy atom. The molecule has 1 aliphatic carbocycles. The molecule has 23 heavy (non-hydrogen) atoms. The van der Waals surface area contributed by atoms with Gasteiger partial charge < -0.3 is 10.3 Å². The van der Waals surface area contributed by atoms with Crippen LogP contribution >= 0.6 is 15.9 Å². The summed E-state index contributed by atoms with van der Waals surface area (Å²) in [5.41, 5.74) is 0.887. The number of halogens is 1. The normalized spacial score (nSPS) is 16.7. The molecule has 1 aromatic carbocycles. The highest BCUT2D eigenvalue weighted by Gasteiger charge is 2.17. The number of rotatable bonds is 2. The average Bonchev–Trinajstić information content (AvgIpc) is 2.49. The summed E-state index contributed by atoms with van der Waals surface area (Å²) >= 11 is 3.43. The summed E-state index contributed by atoms with van der Waals surface area (Å²) in [4.78, 5) is 27.3. The molecule has 0 atom stereocenters. The predicted molar refractivity (Wildman–Crippen MR) is 95.8 cm³/mol. The molecular formula is C18H21BrN2O2. The highest BCUT2D eigenvalue weighted by Crippen LogP contribution is 2.22. The number of fused-ring (bicyclic) bond motifs is 1. The number of aromatic amines is 1. The second-order valence-electron chi connectivity index (χ2n) is 6.25. The standard InChI is InChI=1S/C18H21BrN2O2/c19-12-8-9-16-14(10-12)15(11-17(22)21-16)18(23)20-13-6-4-2-1-3-5-7-13/h8-11,13H,1-7H2,(H,20,23)(H,21,22). The Morgan fingerprint density at radius 2 is 1.78 bits per heavy atom. The van der Waals surface area contributed by atoms with Gasteiger partial charge in [-0.1, -0.05) is 48.0 Å². The first-order chi connectivity index (χ1) is 11.1. The Labute approximate surface area is 143 Å². The molecule has 1 fully saturated rings. The predicted octanol–water partition coefficient (Wildman–Crippen LogP) is 4.13. The van der Waals surface area contributed by atoms with E-state index < -0.39 is 0 Å². The van der Waals surface area contributed by atoms with Crippen molar-refractivity contribution < 1.29 is 4.79 Å². The van der Waals surface area contributed by atoms with Gasteiger partial charge in [-0.2, -0.15) is 0 Å². The molecule has 122 valence electrons. The lowest BCUT2D eigenvalue weighted by Crippen LogP contribution is -2.35. The summed E-state index contributed by atoms with van der Waals surface area (Å²) < 4.78 is 0.886. The Hall–Kier alpha value is -1.62. The van der Waals surface area contributed by atoms with Crippen molar-refractivity contribution in [3.8, 4) is 0 Å². The first-order valence-electron chi connectivity index (χ1n) is 8.27. The number of benzene rings is 1. The van der Waals surface area contributed by atoms with E-state index in [9.17, 15) is 9.59 Å². The van der Waals surface area contributed by atoms with Crippen molar-refractivity contribution in [3.63, 3.8) is 0 Å². The molecule has 1 saturated carbocycles. The van der Waals surface area contributed by atoms with Crippen LogP contribution in [0, 0.1) is 0 Å². The zero-order valence-corrected chi connectivity index (χ0v) is 14.6. The van der Waals surface area contributed by atoms with Crippen molar-refractivity contribution in [3.05, 3.63) is 44.7 Å². The lowest BCUT2D eigenvalue weighted by molar-refractivity contribution is 0.0932. The van der Waals surface area contributed by atoms with Crippen LogP contribution in [0.15, 0.2) is 33.5 Å². The van der Waals surface area contributed by atoms with E-state index in [1.165, 1.54) is 25.3 Å². The average molecular weight is 377 g/mol. The number of carbonyl (C=O) groups is 1. The topological polar surface area (TPSA) is 62.0 Å². The minimum Gasteiger partial charge on any atom is -0.349 e. The molecule has 0 bridgehead atoms. The van der Waals surface area contributed by atoms with Crippen molar-refractivity contribution in [1.29, 1.82) is 0 Å². The third kappa shape index (κ3) is 4.02. The van der Waals surface area contributed by atoms with Crippen LogP contribution in [0.25, 0.3) is 10.9 Å². The molecule has 3 rings (SSSR count). The van der Waals surface area contributed by atoms with Crippen LogP contribution in [0.1, 0.15) is 55.3 Å². The Kier molecular flexibility index (Phi) is 5.16. The fraction of sp³-hybridized carbons (Fsp3) is 0.444. The number of amides is 1. The minimum atomic E-state index is -0.248. The third-order valence-corrected chi connectivity index (χ3v) is 4.98. The maximum atomic E-state index is 12.7. The zero-order chi connectivity index (χ0) is 16.2. The molecular weight excluding hydrogens is 356 g/mol. The fourth-order valence-electron chi connectivity index (χ4n) is 3.28. The Morgan fingerprint density at radius 3 is 2.52 bits per heavy atom. The molecule has 1 heterocycles. The number of aromatic nitrogens is 1. The quantitative estimate of drug-likeness (QED) is 0.827. The van der Waals surface area contributed by atoms with E-state index in [2.05, 4.69) is 26.2 Å². The van der Waals surface area contributed by atoms with E-state index in [-0.39, 0.29) is 17.5 Å². The molecule has 1 aliphatic rings. The van der Waals surface area contributed by atoms with E-state index in [0.29, 0.717) is 11.1 Å². The number of nitrogens with one attached hydrogen (secondary N) is 2. The molecule has 0 unspecified atom stereocenters. The molecule has 0 saturated heterocycles. The van der Waals surface area contributed by atoms with Gasteiger partial charge in [-0.25, -0.2) is 0 Å². The first kappa shape index (κ1) is 16.2. The number of carbonyl (C=O) groups excluding carboxylic acids is 1. The second-order valence-corrected chi connectivity index (χ2v) is 7.17. The van der Waals surface area contributed by atoms with Gasteiger partial charge in [-0.3, -0.25) is 9.59 Å². The van der Waals surface area contributed by atoms with Gasteiger partial charge in [0.15, 0.2) is 0 Å². The molecule has 1 amide bonds. The van der Waals surface area contributed by atoms with Crippen LogP contribution in [0.3, 0.4) is 0 Å². The van der Waals surface area contributed by atoms with E-state index in [4.69, 9.17) is 0 Å². The molecule has 5 heteroatoms. The number of hydrogen-bond donors (Lipinski definition) is 2. The highest BCUT2D eigenvalue weighted by molar-refractivity contribution is 9.10. The number of pyridine rings is 1. The SMILES string of the molecule is O=C(NC1CCCCCCC1)c1cc(=O)[nH]c2ccc(Br)cc12. The molecule has 0 radical (unpaired) electrons. The van der Waals surface area contributed by atoms with Crippen LogP contribution in [-0.2, 0) is 0 Å². The van der Waals surface area contributed by atoms with E-state index in [1.54, 1.807) is 0 Å². The molecule has 1 aromatic heterocycles. The second kappa shape index (κ2) is 7.30. The Bertz CT molecular complexity index is 761. The maximum Gasteiger partial charge on any atom is 0.252 e. The first-order valence-corrected chi connectivity index (χ1v) is 9.06. The molecule has 0 aliphatic heterocycles. The van der Waals surface area contributed by atoms with Crippen LogP contribution in [0.4, 0.5) is 0 Å². The van der Waals surface area contributed by atoms with Gasteiger partial charge in [0.05, 0.1) is 5.56 Å². The minimum absolute atomic E-state index is 0.148. The van der Waals surface area contributed by atoms with Crippen molar-refractivity contribution >= 4 is 32.7 Å². The third-order valence-electron chi connectivity index (χ3n) is 4.49. The lowest BCUT2D eigenvalue weighted by Gasteiger charge is -2.21. The number of hydrogen-bond acceptors (Lipinski definition) is 2. The number of H-pyrrole nitrogens is 1. The van der Waals surface area contributed by atoms with Gasteiger partial charge in [0, 0.05) is 27.5 Å². The summed E-state index contributed by atoms with van der Waals surface area (Å²) in [5, 5.41) is 3.90. The summed E-state index contributed by atoms with van der Waals surface area (Å²) in [5.74, 6) is -0.148. The van der Waals surface area contributed by atoms with Gasteiger partial charge in [-0.05, 0) is 31.0 Å². The summed E-state index contributed by atoms with van der Waals surface area (Å²) in [6.07, 6.45) is 8.15. The summed E-state index contributed by atoms with van der Waals surface area (Å²) in [6.45, 7) is 0. The zero-order valence-electron chi connectivity index (χ0n) is 13.0. The summed E-state index contributed by atoms with van der Waals surface area (Å²) in [7, 11) is 0. The van der Waals surface area contributed by atoms with Gasteiger partial charge in [0.2, 0.25) is 5.56 Å². The van der Waals surface area contributed by atoms with Gasteiger partial charge in [0.1, 0.15) is 0 Å². The van der Waals surface area contributed by atoms with Crippen LogP contribution in [0.5, 0.6) is 0 Å². The Balaban J connectivity index is 1.87. The van der Waals surface area contributed by atoms with Crippen LogP contribution < -0.4 is 10.9 Å². The molecule has 2 N–H and O–H groups in total. The van der Waals surface area contributed by atoms with Gasteiger partial charge >= 0.3 is 0 Å². The molecule has 4 nitrogen and oxygen atoms in total. The maximum absolute atomic E-state index is 12.7. The lowest BCUT2D eigenvalue weighted by atomic mass is 9.96. The highest BCUT2D eigenvalue weighted by atomic mass is 79.9. The molecule has 2 aromatic rings. The van der Waals surface area contributed by atoms with Crippen molar-refractivity contribution in [1.82, 2.24) is 10.3 Å². The monoisotopic (exact) mass is 376 g/mol. The van der Waals surface area contributed by atoms with Gasteiger partial charge in [-0.15, -0.1) is 0 Å². The fourth-order valence-corrected chi connectivity index (χ4v) is 3.64. The van der Waals surface area contributed by atoms with Crippen LogP contribution in [0.2, 0.25) is 0 Å². The van der Waals surface area contributed by atoms with Crippen molar-refractivity contribution in [2.24, 2.45) is 0 Å². The van der Waals surface area contributed by atoms with E-state index in [0.717, 1.165) is 35.5 Å². The smallest absolute Gasteiger partial charge is 0.252 e. The van der Waals surface area contributed by atoms with E-state index in [1.807, 2.05) is 18.2 Å². The van der Waals surface area contributed by atoms with Gasteiger partial charge in [0.25, 0.3) is 5.91 Å². The molecule has 0 spiro atoms. The van der Waals surface area contributed by atoms with Crippen LogP contribution in [-0.4, -0.2) is 16.9 Å². The van der Waals surface area contributed by atoms with Crippen molar-refractivity contribution in [2.45, 2.75) is 51.0 Å². The summed E-state index contributed by atoms with van der Waals surface area (Å²) in [6, 6.07) is 7.15. The van der Waals surface area contributed by atoms with E-state index >= 15 is 0 Å².